The summed E-state index contributed by atoms with van der Waals surface area (Å²) in [6.07, 6.45) is 7.93. The van der Waals surface area contributed by atoms with Gasteiger partial charge in [0.05, 0.1) is 0 Å². The average Bonchev–Trinajstić information content (AvgIpc) is 2.13. The zero-order valence-corrected chi connectivity index (χ0v) is 7.23. The summed E-state index contributed by atoms with van der Waals surface area (Å²) in [6, 6.07) is 0. The molecule has 2 fully saturated rings. The maximum atomic E-state index is 7.66. The largest absolute Gasteiger partial charge is 0.317 e. The predicted molar refractivity (Wildman–Crippen MR) is 47.6 cm³/mol. The first kappa shape index (κ1) is 6.47. The third-order valence-electron chi connectivity index (χ3n) is 3.42. The first-order valence-electron chi connectivity index (χ1n) is 5.52. The van der Waals surface area contributed by atoms with Crippen molar-refractivity contribution in [3.05, 3.63) is 0 Å². The van der Waals surface area contributed by atoms with Crippen molar-refractivity contribution >= 4 is 0 Å². The fourth-order valence-corrected chi connectivity index (χ4v) is 2.54. The zero-order valence-electron chi connectivity index (χ0n) is 8.23. The number of rotatable bonds is 0. The van der Waals surface area contributed by atoms with Crippen molar-refractivity contribution in [2.24, 2.45) is 5.41 Å². The van der Waals surface area contributed by atoms with Crippen LogP contribution >= 0.6 is 0 Å². The molecule has 64 valence electrons. The second-order valence-corrected chi connectivity index (χ2v) is 4.12. The minimum Gasteiger partial charge on any atom is -0.317 e. The Labute approximate surface area is 71.0 Å². The Balaban J connectivity index is 1.92. The third-order valence-corrected chi connectivity index (χ3v) is 3.42. The highest BCUT2D eigenvalue weighted by Crippen LogP contribution is 2.42. The summed E-state index contributed by atoms with van der Waals surface area (Å²) < 4.78 is 7.66. The lowest BCUT2D eigenvalue weighted by molar-refractivity contribution is 0.134. The fraction of sp³-hybridized carbons (Fsp3) is 1.00. The molecule has 1 heterocycles. The van der Waals surface area contributed by atoms with Crippen molar-refractivity contribution < 1.29 is 1.37 Å². The van der Waals surface area contributed by atoms with Gasteiger partial charge >= 0.3 is 0 Å². The Bertz CT molecular complexity index is 142. The van der Waals surface area contributed by atoms with E-state index in [1.165, 1.54) is 38.8 Å². The SMILES string of the molecule is [2H]C1CCC2(CCNCC2)CC1. The quantitative estimate of drug-likeness (QED) is 0.564. The van der Waals surface area contributed by atoms with E-state index in [0.717, 1.165) is 12.8 Å². The molecule has 1 aliphatic heterocycles. The molecule has 0 unspecified atom stereocenters. The summed E-state index contributed by atoms with van der Waals surface area (Å²) >= 11 is 0. The average molecular weight is 154 g/mol. The predicted octanol–water partition coefficient (Wildman–Crippen LogP) is 2.32. The summed E-state index contributed by atoms with van der Waals surface area (Å²) in [4.78, 5) is 0. The zero-order chi connectivity index (χ0) is 8.44. The normalized spacial score (nSPS) is 33.6. The molecule has 1 aliphatic carbocycles. The Morgan fingerprint density at radius 1 is 1.00 bits per heavy atom. The number of hydrogen-bond donors (Lipinski definition) is 1. The number of nitrogens with one attached hydrogen (secondary N) is 1. The molecule has 2 rings (SSSR count). The Hall–Kier alpha value is -0.0400. The Morgan fingerprint density at radius 2 is 1.64 bits per heavy atom. The van der Waals surface area contributed by atoms with Gasteiger partial charge in [0, 0.05) is 1.37 Å². The van der Waals surface area contributed by atoms with Crippen molar-refractivity contribution in [3.8, 4) is 0 Å². The van der Waals surface area contributed by atoms with Gasteiger partial charge in [-0.3, -0.25) is 0 Å². The van der Waals surface area contributed by atoms with Crippen LogP contribution in [-0.2, 0) is 0 Å². The summed E-state index contributed by atoms with van der Waals surface area (Å²) in [5.41, 5.74) is 0.656. The second-order valence-electron chi connectivity index (χ2n) is 4.12. The van der Waals surface area contributed by atoms with Crippen LogP contribution in [0.5, 0.6) is 0 Å². The second kappa shape index (κ2) is 3.14. The molecule has 0 aromatic carbocycles. The summed E-state index contributed by atoms with van der Waals surface area (Å²) in [5.74, 6) is 0. The molecule has 1 nitrogen and oxygen atoms in total. The van der Waals surface area contributed by atoms with Gasteiger partial charge in [0.25, 0.3) is 0 Å². The van der Waals surface area contributed by atoms with E-state index in [0.29, 0.717) is 5.41 Å². The van der Waals surface area contributed by atoms with Crippen LogP contribution in [0.1, 0.15) is 46.3 Å². The monoisotopic (exact) mass is 154 g/mol. The van der Waals surface area contributed by atoms with Crippen LogP contribution in [0.4, 0.5) is 0 Å². The van der Waals surface area contributed by atoms with Crippen LogP contribution in [0, 0.1) is 5.41 Å². The molecular formula is C10H19N. The first-order chi connectivity index (χ1) is 5.81. The standard InChI is InChI=1S/C10H19N/c1-2-4-10(5-3-1)6-8-11-9-7-10/h11H,1-9H2/i1D. The molecule has 1 N–H and O–H groups in total. The van der Waals surface area contributed by atoms with E-state index in [9.17, 15) is 0 Å². The van der Waals surface area contributed by atoms with E-state index >= 15 is 0 Å². The fourth-order valence-electron chi connectivity index (χ4n) is 2.54. The molecule has 0 amide bonds. The van der Waals surface area contributed by atoms with E-state index in [1.54, 1.807) is 0 Å². The van der Waals surface area contributed by atoms with Crippen molar-refractivity contribution in [2.45, 2.75) is 44.9 Å². The highest BCUT2D eigenvalue weighted by Gasteiger charge is 2.32. The summed E-state index contributed by atoms with van der Waals surface area (Å²) in [5, 5.41) is 3.42. The van der Waals surface area contributed by atoms with Crippen LogP contribution in [0.15, 0.2) is 0 Å². The molecule has 0 aromatic rings. The van der Waals surface area contributed by atoms with Gasteiger partial charge in [-0.2, -0.15) is 0 Å². The molecule has 1 heteroatoms. The van der Waals surface area contributed by atoms with E-state index in [-0.39, 0.29) is 6.40 Å². The molecule has 1 spiro atoms. The van der Waals surface area contributed by atoms with Crippen LogP contribution in [-0.4, -0.2) is 13.1 Å². The first-order valence-corrected chi connectivity index (χ1v) is 4.94. The number of piperidine rings is 1. The Kier molecular flexibility index (Phi) is 1.85. The van der Waals surface area contributed by atoms with Crippen molar-refractivity contribution in [2.75, 3.05) is 13.1 Å². The molecule has 0 aromatic heterocycles. The molecule has 0 atom stereocenters. The van der Waals surface area contributed by atoms with Crippen molar-refractivity contribution in [3.63, 3.8) is 0 Å². The van der Waals surface area contributed by atoms with E-state index in [2.05, 4.69) is 5.32 Å². The van der Waals surface area contributed by atoms with Gasteiger partial charge < -0.3 is 5.32 Å². The maximum Gasteiger partial charge on any atom is 0.0267 e. The Morgan fingerprint density at radius 3 is 2.27 bits per heavy atom. The van der Waals surface area contributed by atoms with E-state index < -0.39 is 0 Å². The van der Waals surface area contributed by atoms with Crippen molar-refractivity contribution in [1.29, 1.82) is 0 Å². The molecule has 0 radical (unpaired) electrons. The van der Waals surface area contributed by atoms with E-state index in [1.807, 2.05) is 0 Å². The van der Waals surface area contributed by atoms with Gasteiger partial charge in [-0.05, 0) is 44.2 Å². The molecular weight excluding hydrogens is 134 g/mol. The smallest absolute Gasteiger partial charge is 0.0267 e. The molecule has 0 bridgehead atoms. The lowest BCUT2D eigenvalue weighted by atomic mass is 9.68. The van der Waals surface area contributed by atoms with Crippen LogP contribution in [0.2, 0.25) is 0 Å². The minimum absolute atomic E-state index is 0.255. The van der Waals surface area contributed by atoms with Gasteiger partial charge in [-0.15, -0.1) is 0 Å². The highest BCUT2D eigenvalue weighted by atomic mass is 14.9. The van der Waals surface area contributed by atoms with Crippen LogP contribution < -0.4 is 5.32 Å². The van der Waals surface area contributed by atoms with E-state index in [4.69, 9.17) is 1.37 Å². The maximum absolute atomic E-state index is 7.66. The minimum atomic E-state index is 0.255. The van der Waals surface area contributed by atoms with Gasteiger partial charge in [0.1, 0.15) is 0 Å². The lowest BCUT2D eigenvalue weighted by Gasteiger charge is -2.40. The lowest BCUT2D eigenvalue weighted by Crippen LogP contribution is -2.37. The van der Waals surface area contributed by atoms with Gasteiger partial charge in [-0.25, -0.2) is 0 Å². The molecule has 2 aliphatic rings. The number of hydrogen-bond acceptors (Lipinski definition) is 1. The van der Waals surface area contributed by atoms with Gasteiger partial charge in [-0.1, -0.05) is 19.2 Å². The molecule has 1 saturated carbocycles. The molecule has 1 saturated heterocycles. The summed E-state index contributed by atoms with van der Waals surface area (Å²) in [6.45, 7) is 2.42. The van der Waals surface area contributed by atoms with Crippen molar-refractivity contribution in [1.82, 2.24) is 5.32 Å². The van der Waals surface area contributed by atoms with Gasteiger partial charge in [0.2, 0.25) is 0 Å². The summed E-state index contributed by atoms with van der Waals surface area (Å²) in [7, 11) is 0. The van der Waals surface area contributed by atoms with Crippen LogP contribution in [0.25, 0.3) is 0 Å². The molecule has 11 heavy (non-hydrogen) atoms. The topological polar surface area (TPSA) is 12.0 Å². The highest BCUT2D eigenvalue weighted by molar-refractivity contribution is 4.86. The van der Waals surface area contributed by atoms with Gasteiger partial charge in [0.15, 0.2) is 0 Å². The van der Waals surface area contributed by atoms with Crippen LogP contribution in [0.3, 0.4) is 0 Å². The third kappa shape index (κ3) is 1.58.